The molecule has 140 valence electrons. The van der Waals surface area contributed by atoms with Gasteiger partial charge in [-0.3, -0.25) is 19.8 Å². The maximum atomic E-state index is 12.3. The lowest BCUT2D eigenvalue weighted by molar-refractivity contribution is -0.385. The molecular weight excluding hydrogens is 342 g/mol. The van der Waals surface area contributed by atoms with Crippen molar-refractivity contribution in [1.29, 1.82) is 0 Å². The zero-order valence-corrected chi connectivity index (χ0v) is 15.4. The number of allylic oxidation sites excluding steroid dienone is 1. The SMILES string of the molecule is Cc1ccc(CN2CCN(C=CC(=O)c3ccccc3[N+](=O)[O-])CC2)cc1. The fraction of sp³-hybridized carbons (Fsp3) is 0.286. The molecule has 0 unspecified atom stereocenters. The molecule has 27 heavy (non-hydrogen) atoms. The minimum absolute atomic E-state index is 0.122. The van der Waals surface area contributed by atoms with Gasteiger partial charge in [0.15, 0.2) is 5.78 Å². The normalized spacial score (nSPS) is 15.2. The molecule has 1 aliphatic rings. The number of carbonyl (C=O) groups is 1. The van der Waals surface area contributed by atoms with Gasteiger partial charge in [0.1, 0.15) is 0 Å². The van der Waals surface area contributed by atoms with Crippen LogP contribution in [0.5, 0.6) is 0 Å². The van der Waals surface area contributed by atoms with Gasteiger partial charge >= 0.3 is 0 Å². The molecule has 1 aliphatic heterocycles. The number of ketones is 1. The van der Waals surface area contributed by atoms with E-state index in [-0.39, 0.29) is 17.0 Å². The first kappa shape index (κ1) is 18.8. The van der Waals surface area contributed by atoms with Gasteiger partial charge in [0, 0.05) is 51.1 Å². The lowest BCUT2D eigenvalue weighted by atomic mass is 10.1. The van der Waals surface area contributed by atoms with Crippen molar-refractivity contribution in [3.05, 3.63) is 87.6 Å². The number of hydrogen-bond donors (Lipinski definition) is 0. The highest BCUT2D eigenvalue weighted by molar-refractivity contribution is 6.07. The van der Waals surface area contributed by atoms with Crippen molar-refractivity contribution in [2.24, 2.45) is 0 Å². The molecule has 0 atom stereocenters. The van der Waals surface area contributed by atoms with E-state index in [4.69, 9.17) is 0 Å². The molecule has 0 aromatic heterocycles. The Hall–Kier alpha value is -2.99. The highest BCUT2D eigenvalue weighted by atomic mass is 16.6. The van der Waals surface area contributed by atoms with Gasteiger partial charge in [0.2, 0.25) is 0 Å². The minimum Gasteiger partial charge on any atom is -0.375 e. The predicted octanol–water partition coefficient (Wildman–Crippen LogP) is 3.42. The lowest BCUT2D eigenvalue weighted by Crippen LogP contribution is -2.43. The predicted molar refractivity (Wildman–Crippen MR) is 105 cm³/mol. The van der Waals surface area contributed by atoms with E-state index >= 15 is 0 Å². The van der Waals surface area contributed by atoms with Gasteiger partial charge in [-0.15, -0.1) is 0 Å². The Balaban J connectivity index is 1.53. The van der Waals surface area contributed by atoms with Crippen molar-refractivity contribution in [2.75, 3.05) is 26.2 Å². The second kappa shape index (κ2) is 8.60. The molecule has 0 spiro atoms. The van der Waals surface area contributed by atoms with Crippen LogP contribution in [-0.2, 0) is 6.54 Å². The summed E-state index contributed by atoms with van der Waals surface area (Å²) in [6.07, 6.45) is 3.18. The molecule has 0 bridgehead atoms. The maximum Gasteiger partial charge on any atom is 0.280 e. The maximum absolute atomic E-state index is 12.3. The van der Waals surface area contributed by atoms with Gasteiger partial charge in [0.25, 0.3) is 5.69 Å². The third kappa shape index (κ3) is 5.01. The second-order valence-electron chi connectivity index (χ2n) is 6.75. The van der Waals surface area contributed by atoms with Crippen molar-refractivity contribution in [3.8, 4) is 0 Å². The number of nitrogens with zero attached hydrogens (tertiary/aromatic N) is 3. The van der Waals surface area contributed by atoms with Gasteiger partial charge < -0.3 is 4.90 Å². The van der Waals surface area contributed by atoms with Gasteiger partial charge in [-0.1, -0.05) is 42.0 Å². The van der Waals surface area contributed by atoms with Gasteiger partial charge in [-0.05, 0) is 18.6 Å². The van der Waals surface area contributed by atoms with Crippen LogP contribution >= 0.6 is 0 Å². The van der Waals surface area contributed by atoms with E-state index in [1.807, 2.05) is 0 Å². The van der Waals surface area contributed by atoms with Crippen LogP contribution in [0.2, 0.25) is 0 Å². The number of nitro groups is 1. The topological polar surface area (TPSA) is 66.7 Å². The molecule has 6 heteroatoms. The third-order valence-corrected chi connectivity index (χ3v) is 4.74. The molecular formula is C21H23N3O3. The van der Waals surface area contributed by atoms with Gasteiger partial charge in [-0.25, -0.2) is 0 Å². The van der Waals surface area contributed by atoms with Gasteiger partial charge in [-0.2, -0.15) is 0 Å². The molecule has 0 aliphatic carbocycles. The van der Waals surface area contributed by atoms with Crippen molar-refractivity contribution in [2.45, 2.75) is 13.5 Å². The fourth-order valence-electron chi connectivity index (χ4n) is 3.13. The average Bonchev–Trinajstić information content (AvgIpc) is 2.69. The lowest BCUT2D eigenvalue weighted by Gasteiger charge is -2.34. The molecule has 0 amide bonds. The number of piperazine rings is 1. The van der Waals surface area contributed by atoms with E-state index in [1.165, 1.54) is 29.3 Å². The Morgan fingerprint density at radius 1 is 1.07 bits per heavy atom. The quantitative estimate of drug-likeness (QED) is 0.340. The Kier molecular flexibility index (Phi) is 5.98. The van der Waals surface area contributed by atoms with Gasteiger partial charge in [0.05, 0.1) is 10.5 Å². The minimum atomic E-state index is -0.523. The molecule has 1 saturated heterocycles. The van der Waals surface area contributed by atoms with Crippen LogP contribution in [0.3, 0.4) is 0 Å². The molecule has 2 aromatic carbocycles. The number of rotatable bonds is 6. The van der Waals surface area contributed by atoms with Crippen molar-refractivity contribution >= 4 is 11.5 Å². The highest BCUT2D eigenvalue weighted by Crippen LogP contribution is 2.18. The first-order valence-corrected chi connectivity index (χ1v) is 9.01. The fourth-order valence-corrected chi connectivity index (χ4v) is 3.13. The Morgan fingerprint density at radius 3 is 2.41 bits per heavy atom. The van der Waals surface area contributed by atoms with E-state index < -0.39 is 4.92 Å². The van der Waals surface area contributed by atoms with Crippen molar-refractivity contribution in [3.63, 3.8) is 0 Å². The summed E-state index contributed by atoms with van der Waals surface area (Å²) in [7, 11) is 0. The van der Waals surface area contributed by atoms with Crippen LogP contribution < -0.4 is 0 Å². The molecule has 6 nitrogen and oxygen atoms in total. The molecule has 2 aromatic rings. The van der Waals surface area contributed by atoms with Crippen LogP contribution in [-0.4, -0.2) is 46.7 Å². The largest absolute Gasteiger partial charge is 0.375 e. The number of aryl methyl sites for hydroxylation is 1. The van der Waals surface area contributed by atoms with E-state index in [1.54, 1.807) is 18.3 Å². The number of benzene rings is 2. The van der Waals surface area contributed by atoms with E-state index in [2.05, 4.69) is 41.0 Å². The monoisotopic (exact) mass is 365 g/mol. The summed E-state index contributed by atoms with van der Waals surface area (Å²) in [4.78, 5) is 27.3. The summed E-state index contributed by atoms with van der Waals surface area (Å²) in [6, 6.07) is 14.6. The van der Waals surface area contributed by atoms with Crippen molar-refractivity contribution < 1.29 is 9.72 Å². The van der Waals surface area contributed by atoms with Crippen LogP contribution in [0.1, 0.15) is 21.5 Å². The third-order valence-electron chi connectivity index (χ3n) is 4.74. The van der Waals surface area contributed by atoms with Crippen LogP contribution in [0.4, 0.5) is 5.69 Å². The molecule has 0 radical (unpaired) electrons. The first-order chi connectivity index (χ1) is 13.0. The van der Waals surface area contributed by atoms with E-state index in [0.29, 0.717) is 0 Å². The summed E-state index contributed by atoms with van der Waals surface area (Å²) < 4.78 is 0. The average molecular weight is 365 g/mol. The van der Waals surface area contributed by atoms with E-state index in [0.717, 1.165) is 32.7 Å². The zero-order chi connectivity index (χ0) is 19.2. The number of para-hydroxylation sites is 1. The number of carbonyl (C=O) groups excluding carboxylic acids is 1. The highest BCUT2D eigenvalue weighted by Gasteiger charge is 2.18. The second-order valence-corrected chi connectivity index (χ2v) is 6.75. The summed E-state index contributed by atoms with van der Waals surface area (Å²) in [5.74, 6) is -0.343. The summed E-state index contributed by atoms with van der Waals surface area (Å²) >= 11 is 0. The standard InChI is InChI=1S/C21H23N3O3/c1-17-6-8-18(9-7-17)16-23-14-12-22(13-15-23)11-10-21(25)19-4-2-3-5-20(19)24(26)27/h2-11H,12-16H2,1H3. The Morgan fingerprint density at radius 2 is 1.74 bits per heavy atom. The summed E-state index contributed by atoms with van der Waals surface area (Å²) in [6.45, 7) is 6.49. The molecule has 1 fully saturated rings. The molecule has 0 N–H and O–H groups in total. The van der Waals surface area contributed by atoms with Crippen LogP contribution in [0.15, 0.2) is 60.8 Å². The number of hydrogen-bond acceptors (Lipinski definition) is 5. The zero-order valence-electron chi connectivity index (χ0n) is 15.4. The Labute approximate surface area is 158 Å². The first-order valence-electron chi connectivity index (χ1n) is 9.01. The molecule has 1 heterocycles. The van der Waals surface area contributed by atoms with Crippen LogP contribution in [0.25, 0.3) is 0 Å². The molecule has 3 rings (SSSR count). The summed E-state index contributed by atoms with van der Waals surface area (Å²) in [5, 5.41) is 11.1. The summed E-state index contributed by atoms with van der Waals surface area (Å²) in [5.41, 5.74) is 2.53. The number of nitro benzene ring substituents is 1. The van der Waals surface area contributed by atoms with E-state index in [9.17, 15) is 14.9 Å². The Bertz CT molecular complexity index is 838. The van der Waals surface area contributed by atoms with Crippen LogP contribution in [0, 0.1) is 17.0 Å². The smallest absolute Gasteiger partial charge is 0.280 e. The van der Waals surface area contributed by atoms with Crippen molar-refractivity contribution in [1.82, 2.24) is 9.80 Å². The molecule has 0 saturated carbocycles.